The molecule has 0 radical (unpaired) electrons. The third-order valence-electron chi connectivity index (χ3n) is 2.71. The average molecular weight is 354 g/mol. The van der Waals surface area contributed by atoms with Crippen LogP contribution in [0.3, 0.4) is 0 Å². The molecule has 1 heterocycles. The molecule has 1 aromatic carbocycles. The van der Waals surface area contributed by atoms with Gasteiger partial charge in [-0.3, -0.25) is 9.59 Å². The molecule has 2 rings (SSSR count). The monoisotopic (exact) mass is 353 g/mol. The summed E-state index contributed by atoms with van der Waals surface area (Å²) in [7, 11) is 0. The second-order valence-corrected chi connectivity index (χ2v) is 5.32. The number of anilines is 1. The second kappa shape index (κ2) is 8.36. The molecule has 0 unspecified atom stereocenters. The first-order chi connectivity index (χ1) is 11.0. The van der Waals surface area contributed by atoms with Gasteiger partial charge in [0.1, 0.15) is 5.76 Å². The quantitative estimate of drug-likeness (QED) is 0.616. The van der Waals surface area contributed by atoms with Gasteiger partial charge in [-0.2, -0.15) is 5.10 Å². The molecule has 0 saturated heterocycles. The predicted molar refractivity (Wildman–Crippen MR) is 88.8 cm³/mol. The normalized spacial score (nSPS) is 10.7. The Labute approximate surface area is 142 Å². The van der Waals surface area contributed by atoms with Crippen LogP contribution in [-0.2, 0) is 9.59 Å². The number of hydrazone groups is 1. The molecule has 23 heavy (non-hydrogen) atoms. The van der Waals surface area contributed by atoms with Crippen molar-refractivity contribution >= 4 is 46.9 Å². The maximum absolute atomic E-state index is 11.8. The summed E-state index contributed by atoms with van der Waals surface area (Å²) in [6.45, 7) is 0. The zero-order valence-corrected chi connectivity index (χ0v) is 13.4. The van der Waals surface area contributed by atoms with Crippen molar-refractivity contribution in [3.8, 4) is 0 Å². The zero-order chi connectivity index (χ0) is 16.7. The molecule has 0 aliphatic heterocycles. The van der Waals surface area contributed by atoms with Crippen LogP contribution < -0.4 is 10.7 Å². The van der Waals surface area contributed by atoms with E-state index in [1.807, 2.05) is 0 Å². The van der Waals surface area contributed by atoms with Gasteiger partial charge in [-0.15, -0.1) is 0 Å². The molecule has 0 aliphatic carbocycles. The van der Waals surface area contributed by atoms with E-state index >= 15 is 0 Å². The first-order valence-corrected chi connectivity index (χ1v) is 7.40. The van der Waals surface area contributed by atoms with Crippen LogP contribution >= 0.6 is 23.2 Å². The van der Waals surface area contributed by atoms with Crippen LogP contribution in [0.15, 0.2) is 46.1 Å². The van der Waals surface area contributed by atoms with Crippen LogP contribution in [0.4, 0.5) is 5.69 Å². The maximum atomic E-state index is 11.8. The lowest BCUT2D eigenvalue weighted by atomic mass is 10.2. The number of nitrogens with zero attached hydrogens (tertiary/aromatic N) is 1. The van der Waals surface area contributed by atoms with Crippen molar-refractivity contribution in [3.63, 3.8) is 0 Å². The first-order valence-electron chi connectivity index (χ1n) is 6.65. The molecule has 0 spiro atoms. The largest absolute Gasteiger partial charge is 0.463 e. The van der Waals surface area contributed by atoms with Gasteiger partial charge in [0.05, 0.1) is 23.2 Å². The fourth-order valence-corrected chi connectivity index (χ4v) is 1.96. The number of carbonyl (C=O) groups is 2. The average Bonchev–Trinajstić information content (AvgIpc) is 3.02. The summed E-state index contributed by atoms with van der Waals surface area (Å²) in [6.07, 6.45) is 2.84. The van der Waals surface area contributed by atoms with Crippen molar-refractivity contribution in [3.05, 3.63) is 52.4 Å². The first kappa shape index (κ1) is 17.1. The molecule has 0 fully saturated rings. The molecule has 6 nitrogen and oxygen atoms in total. The van der Waals surface area contributed by atoms with Crippen LogP contribution in [0.2, 0.25) is 10.0 Å². The third-order valence-corrected chi connectivity index (χ3v) is 3.27. The minimum atomic E-state index is -0.389. The van der Waals surface area contributed by atoms with Crippen molar-refractivity contribution < 1.29 is 14.0 Å². The maximum Gasteiger partial charge on any atom is 0.240 e. The minimum Gasteiger partial charge on any atom is -0.463 e. The molecular weight excluding hydrogens is 341 g/mol. The number of furan rings is 1. The van der Waals surface area contributed by atoms with E-state index < -0.39 is 0 Å². The molecule has 2 aromatic rings. The highest BCUT2D eigenvalue weighted by molar-refractivity contribution is 6.35. The fourth-order valence-electron chi connectivity index (χ4n) is 1.62. The molecular formula is C15H13Cl2N3O3. The molecule has 0 atom stereocenters. The van der Waals surface area contributed by atoms with Gasteiger partial charge in [0.25, 0.3) is 0 Å². The molecule has 1 aromatic heterocycles. The van der Waals surface area contributed by atoms with Crippen LogP contribution in [0.1, 0.15) is 18.6 Å². The summed E-state index contributed by atoms with van der Waals surface area (Å²) in [4.78, 5) is 23.4. The molecule has 2 amide bonds. The summed E-state index contributed by atoms with van der Waals surface area (Å²) < 4.78 is 5.01. The Hall–Kier alpha value is -2.31. The smallest absolute Gasteiger partial charge is 0.240 e. The minimum absolute atomic E-state index is 0.00898. The van der Waals surface area contributed by atoms with Gasteiger partial charge in [-0.25, -0.2) is 5.43 Å². The number of hydrogen-bond donors (Lipinski definition) is 2. The third kappa shape index (κ3) is 5.77. The Kier molecular flexibility index (Phi) is 6.19. The predicted octanol–water partition coefficient (Wildman–Crippen LogP) is 3.46. The van der Waals surface area contributed by atoms with Crippen LogP contribution in [0.25, 0.3) is 0 Å². The highest BCUT2D eigenvalue weighted by atomic mass is 35.5. The molecule has 0 saturated carbocycles. The standard InChI is InChI=1S/C15H13Cl2N3O3/c16-10-3-4-12(17)13(8-10)19-14(21)5-6-15(22)20-18-9-11-2-1-7-23-11/h1-4,7-9H,5-6H2,(H,19,21)(H,20,22)/b18-9+. The Morgan fingerprint density at radius 3 is 2.70 bits per heavy atom. The van der Waals surface area contributed by atoms with Gasteiger partial charge in [-0.05, 0) is 30.3 Å². The van der Waals surface area contributed by atoms with Gasteiger partial charge in [0, 0.05) is 17.9 Å². The van der Waals surface area contributed by atoms with E-state index in [0.29, 0.717) is 21.5 Å². The Balaban J connectivity index is 1.75. The number of carbonyl (C=O) groups excluding carboxylic acids is 2. The summed E-state index contributed by atoms with van der Waals surface area (Å²) in [5.74, 6) is -0.224. The number of rotatable bonds is 6. The molecule has 8 heteroatoms. The number of nitrogens with one attached hydrogen (secondary N) is 2. The SMILES string of the molecule is O=C(CCC(=O)Nc1cc(Cl)ccc1Cl)N/N=C/c1ccco1. The van der Waals surface area contributed by atoms with E-state index in [2.05, 4.69) is 15.8 Å². The number of halogens is 2. The summed E-state index contributed by atoms with van der Waals surface area (Å²) in [6, 6.07) is 8.13. The molecule has 120 valence electrons. The number of hydrogen-bond acceptors (Lipinski definition) is 4. The van der Waals surface area contributed by atoms with Gasteiger partial charge >= 0.3 is 0 Å². The lowest BCUT2D eigenvalue weighted by Gasteiger charge is -2.07. The zero-order valence-electron chi connectivity index (χ0n) is 11.9. The van der Waals surface area contributed by atoms with E-state index in [0.717, 1.165) is 0 Å². The summed E-state index contributed by atoms with van der Waals surface area (Å²) >= 11 is 11.8. The lowest BCUT2D eigenvalue weighted by molar-refractivity contribution is -0.124. The molecule has 0 bridgehead atoms. The van der Waals surface area contributed by atoms with E-state index in [4.69, 9.17) is 27.6 Å². The summed E-state index contributed by atoms with van der Waals surface area (Å²) in [5.41, 5.74) is 2.71. The second-order valence-electron chi connectivity index (χ2n) is 4.48. The van der Waals surface area contributed by atoms with E-state index in [9.17, 15) is 9.59 Å². The highest BCUT2D eigenvalue weighted by Gasteiger charge is 2.09. The molecule has 0 aliphatic rings. The van der Waals surface area contributed by atoms with E-state index in [1.54, 1.807) is 24.3 Å². The van der Waals surface area contributed by atoms with Crippen molar-refractivity contribution in [2.45, 2.75) is 12.8 Å². The van der Waals surface area contributed by atoms with Gasteiger partial charge in [-0.1, -0.05) is 23.2 Å². The van der Waals surface area contributed by atoms with Gasteiger partial charge < -0.3 is 9.73 Å². The van der Waals surface area contributed by atoms with Crippen LogP contribution in [0.5, 0.6) is 0 Å². The summed E-state index contributed by atoms with van der Waals surface area (Å²) in [5, 5.41) is 7.13. The van der Waals surface area contributed by atoms with Crippen molar-refractivity contribution in [2.24, 2.45) is 5.10 Å². The van der Waals surface area contributed by atoms with Gasteiger partial charge in [0.15, 0.2) is 0 Å². The van der Waals surface area contributed by atoms with Gasteiger partial charge in [0.2, 0.25) is 11.8 Å². The number of amides is 2. The van der Waals surface area contributed by atoms with Crippen LogP contribution in [0, 0.1) is 0 Å². The van der Waals surface area contributed by atoms with E-state index in [-0.39, 0.29) is 24.7 Å². The highest BCUT2D eigenvalue weighted by Crippen LogP contribution is 2.25. The Morgan fingerprint density at radius 1 is 1.17 bits per heavy atom. The Bertz CT molecular complexity index is 715. The van der Waals surface area contributed by atoms with Crippen molar-refractivity contribution in [1.82, 2.24) is 5.43 Å². The topological polar surface area (TPSA) is 83.7 Å². The van der Waals surface area contributed by atoms with E-state index in [1.165, 1.54) is 18.5 Å². The lowest BCUT2D eigenvalue weighted by Crippen LogP contribution is -2.20. The molecule has 2 N–H and O–H groups in total. The number of benzene rings is 1. The Morgan fingerprint density at radius 2 is 1.96 bits per heavy atom. The van der Waals surface area contributed by atoms with Crippen molar-refractivity contribution in [2.75, 3.05) is 5.32 Å². The van der Waals surface area contributed by atoms with Crippen molar-refractivity contribution in [1.29, 1.82) is 0 Å². The fraction of sp³-hybridized carbons (Fsp3) is 0.133. The van der Waals surface area contributed by atoms with Crippen LogP contribution in [-0.4, -0.2) is 18.0 Å².